The van der Waals surface area contributed by atoms with Gasteiger partial charge in [-0.2, -0.15) is 0 Å². The number of para-hydroxylation sites is 1. The number of benzene rings is 1. The molecule has 7 nitrogen and oxygen atoms in total. The topological polar surface area (TPSA) is 105 Å². The first-order chi connectivity index (χ1) is 11.0. The second-order valence-corrected chi connectivity index (χ2v) is 5.16. The van der Waals surface area contributed by atoms with E-state index in [0.29, 0.717) is 17.7 Å². The minimum absolute atomic E-state index is 0.0180. The van der Waals surface area contributed by atoms with Gasteiger partial charge in [-0.25, -0.2) is 0 Å². The van der Waals surface area contributed by atoms with Crippen molar-refractivity contribution in [2.24, 2.45) is 5.73 Å². The van der Waals surface area contributed by atoms with E-state index in [0.717, 1.165) is 0 Å². The lowest BCUT2D eigenvalue weighted by Gasteiger charge is -2.15. The van der Waals surface area contributed by atoms with Gasteiger partial charge in [0.1, 0.15) is 5.76 Å². The molecule has 2 aliphatic rings. The van der Waals surface area contributed by atoms with Gasteiger partial charge in [-0.1, -0.05) is 12.1 Å². The van der Waals surface area contributed by atoms with Gasteiger partial charge in [-0.15, -0.1) is 0 Å². The number of nitrogens with two attached hydrogens (primary N) is 1. The van der Waals surface area contributed by atoms with Crippen LogP contribution in [-0.2, 0) is 14.3 Å². The quantitative estimate of drug-likeness (QED) is 0.678. The molecule has 0 saturated heterocycles. The first-order valence-electron chi connectivity index (χ1n) is 6.97. The van der Waals surface area contributed by atoms with Crippen molar-refractivity contribution >= 4 is 17.0 Å². The Hall–Kier alpha value is -3.09. The number of rotatable bonds is 3. The van der Waals surface area contributed by atoms with Gasteiger partial charge in [-0.3, -0.25) is 14.9 Å². The predicted octanol–water partition coefficient (Wildman–Crippen LogP) is 2.32. The number of hydrogen-bond acceptors (Lipinski definition) is 6. The summed E-state index contributed by atoms with van der Waals surface area (Å²) in [6, 6.07) is 4.73. The molecule has 0 aromatic heterocycles. The number of nitrogens with zero attached hydrogens (tertiary/aromatic N) is 1. The highest BCUT2D eigenvalue weighted by molar-refractivity contribution is 6.26. The van der Waals surface area contributed by atoms with Gasteiger partial charge >= 0.3 is 0 Å². The molecule has 0 amide bonds. The number of carbonyl (C=O) groups excluding carboxylic acids is 1. The molecule has 1 unspecified atom stereocenters. The highest BCUT2D eigenvalue weighted by atomic mass is 16.6. The van der Waals surface area contributed by atoms with Crippen LogP contribution in [0, 0.1) is 17.0 Å². The van der Waals surface area contributed by atoms with Crippen molar-refractivity contribution in [1.82, 2.24) is 0 Å². The van der Waals surface area contributed by atoms with Crippen LogP contribution < -0.4 is 5.73 Å². The van der Waals surface area contributed by atoms with Crippen LogP contribution in [0.15, 0.2) is 48.3 Å². The Morgan fingerprint density at radius 3 is 2.83 bits per heavy atom. The summed E-state index contributed by atoms with van der Waals surface area (Å²) in [5, 5.41) is 11.3. The zero-order valence-electron chi connectivity index (χ0n) is 12.3. The maximum absolute atomic E-state index is 12.7. The normalized spacial score (nSPS) is 20.1. The molecule has 0 aliphatic carbocycles. The molecule has 23 heavy (non-hydrogen) atoms. The first-order valence-corrected chi connectivity index (χ1v) is 6.97. The van der Waals surface area contributed by atoms with Gasteiger partial charge in [0.05, 0.1) is 22.3 Å². The second-order valence-electron chi connectivity index (χ2n) is 5.16. The molecule has 2 heterocycles. The average Bonchev–Trinajstić information content (AvgIpc) is 2.82. The van der Waals surface area contributed by atoms with Gasteiger partial charge < -0.3 is 15.2 Å². The average molecular weight is 314 g/mol. The number of carbonyl (C=O) groups is 1. The van der Waals surface area contributed by atoms with Crippen molar-refractivity contribution < 1.29 is 19.2 Å². The standard InChI is InChI=1S/C16H14N2O5/c1-9-5-4-6-10(13(9)18(20)21)12-14(19)15(23-16(12)17)11-7-2-3-8-22-11/h3-8,15H,2,17H2,1H3. The fourth-order valence-corrected chi connectivity index (χ4v) is 2.63. The molecule has 0 saturated carbocycles. The SMILES string of the molecule is Cc1cccc(C2=C(N)OC(C3=CCC=CO3)C2=O)c1[N+](=O)[O-]. The molecule has 0 radical (unpaired) electrons. The van der Waals surface area contributed by atoms with Crippen LogP contribution in [0.2, 0.25) is 0 Å². The van der Waals surface area contributed by atoms with Gasteiger partial charge in [0.25, 0.3) is 5.69 Å². The molecule has 1 atom stereocenters. The zero-order valence-corrected chi connectivity index (χ0v) is 12.3. The Labute approximate surface area is 131 Å². The summed E-state index contributed by atoms with van der Waals surface area (Å²) in [5.74, 6) is -0.240. The lowest BCUT2D eigenvalue weighted by atomic mass is 9.96. The summed E-state index contributed by atoms with van der Waals surface area (Å²) < 4.78 is 10.7. The van der Waals surface area contributed by atoms with Crippen LogP contribution in [0.4, 0.5) is 5.69 Å². The molecule has 7 heteroatoms. The van der Waals surface area contributed by atoms with Crippen molar-refractivity contribution in [2.75, 3.05) is 0 Å². The third-order valence-electron chi connectivity index (χ3n) is 3.68. The van der Waals surface area contributed by atoms with Crippen molar-refractivity contribution in [3.8, 4) is 0 Å². The van der Waals surface area contributed by atoms with E-state index < -0.39 is 16.8 Å². The monoisotopic (exact) mass is 314 g/mol. The molecular formula is C16H14N2O5. The van der Waals surface area contributed by atoms with E-state index in [1.165, 1.54) is 12.3 Å². The maximum Gasteiger partial charge on any atom is 0.280 e. The lowest BCUT2D eigenvalue weighted by molar-refractivity contribution is -0.385. The van der Waals surface area contributed by atoms with E-state index in [9.17, 15) is 14.9 Å². The van der Waals surface area contributed by atoms with E-state index >= 15 is 0 Å². The number of aryl methyl sites for hydroxylation is 1. The first kappa shape index (κ1) is 14.8. The molecule has 2 aliphatic heterocycles. The summed E-state index contributed by atoms with van der Waals surface area (Å²) in [4.78, 5) is 23.5. The largest absolute Gasteiger partial charge is 0.466 e. The van der Waals surface area contributed by atoms with Crippen molar-refractivity contribution in [1.29, 1.82) is 0 Å². The van der Waals surface area contributed by atoms with Crippen molar-refractivity contribution in [3.63, 3.8) is 0 Å². The highest BCUT2D eigenvalue weighted by Gasteiger charge is 2.41. The van der Waals surface area contributed by atoms with Gasteiger partial charge in [0.15, 0.2) is 5.88 Å². The van der Waals surface area contributed by atoms with Crippen LogP contribution in [0.5, 0.6) is 0 Å². The van der Waals surface area contributed by atoms with Crippen molar-refractivity contribution in [2.45, 2.75) is 19.4 Å². The smallest absolute Gasteiger partial charge is 0.280 e. The number of ether oxygens (including phenoxy) is 2. The third kappa shape index (κ3) is 2.46. The Balaban J connectivity index is 2.03. The number of nitro groups is 1. The molecule has 118 valence electrons. The van der Waals surface area contributed by atoms with Gasteiger partial charge in [-0.05, 0) is 31.6 Å². The van der Waals surface area contributed by atoms with Crippen LogP contribution in [0.1, 0.15) is 17.5 Å². The number of ketones is 1. The van der Waals surface area contributed by atoms with Gasteiger partial charge in [0.2, 0.25) is 11.9 Å². The number of allylic oxidation sites excluding steroid dienone is 2. The molecule has 0 spiro atoms. The van der Waals surface area contributed by atoms with E-state index in [-0.39, 0.29) is 22.7 Å². The summed E-state index contributed by atoms with van der Waals surface area (Å²) in [5.41, 5.74) is 6.30. The molecular weight excluding hydrogens is 300 g/mol. The summed E-state index contributed by atoms with van der Waals surface area (Å²) >= 11 is 0. The fraction of sp³-hybridized carbons (Fsp3) is 0.188. The van der Waals surface area contributed by atoms with Crippen LogP contribution in [0.25, 0.3) is 5.57 Å². The van der Waals surface area contributed by atoms with Gasteiger partial charge in [0, 0.05) is 5.56 Å². The Morgan fingerprint density at radius 2 is 2.17 bits per heavy atom. The van der Waals surface area contributed by atoms with E-state index in [4.69, 9.17) is 15.2 Å². The van der Waals surface area contributed by atoms with Crippen LogP contribution in [-0.4, -0.2) is 16.8 Å². The fourth-order valence-electron chi connectivity index (χ4n) is 2.63. The van der Waals surface area contributed by atoms with Crippen LogP contribution >= 0.6 is 0 Å². The number of Topliss-reactive ketones (excluding diaryl/α,β-unsaturated/α-hetero) is 1. The minimum atomic E-state index is -1.00. The Bertz CT molecular complexity index is 792. The second kappa shape index (κ2) is 5.60. The van der Waals surface area contributed by atoms with Crippen LogP contribution in [0.3, 0.4) is 0 Å². The Kier molecular flexibility index (Phi) is 3.61. The minimum Gasteiger partial charge on any atom is -0.466 e. The molecule has 0 bridgehead atoms. The molecule has 0 fully saturated rings. The zero-order chi connectivity index (χ0) is 16.6. The summed E-state index contributed by atoms with van der Waals surface area (Å²) in [7, 11) is 0. The third-order valence-corrected chi connectivity index (χ3v) is 3.68. The lowest BCUT2D eigenvalue weighted by Crippen LogP contribution is -2.22. The van der Waals surface area contributed by atoms with E-state index in [2.05, 4.69) is 0 Å². The molecule has 1 aromatic rings. The molecule has 1 aromatic carbocycles. The highest BCUT2D eigenvalue weighted by Crippen LogP contribution is 2.37. The van der Waals surface area contributed by atoms with Crippen molar-refractivity contribution in [3.05, 3.63) is 69.5 Å². The summed E-state index contributed by atoms with van der Waals surface area (Å²) in [6.07, 6.45) is 4.57. The molecule has 2 N–H and O–H groups in total. The Morgan fingerprint density at radius 1 is 1.39 bits per heavy atom. The predicted molar refractivity (Wildman–Crippen MR) is 81.7 cm³/mol. The maximum atomic E-state index is 12.7. The summed E-state index contributed by atoms with van der Waals surface area (Å²) in [6.45, 7) is 1.60. The van der Waals surface area contributed by atoms with E-state index in [1.54, 1.807) is 31.2 Å². The molecule has 3 rings (SSSR count). The number of nitro benzene ring substituents is 1. The number of hydrogen-bond donors (Lipinski definition) is 1. The van der Waals surface area contributed by atoms with E-state index in [1.807, 2.05) is 0 Å².